The van der Waals surface area contributed by atoms with Crippen molar-refractivity contribution in [1.29, 1.82) is 0 Å². The Morgan fingerprint density at radius 1 is 1.50 bits per heavy atom. The number of ether oxygens (including phenoxy) is 2. The molecule has 0 saturated carbocycles. The molecule has 14 heavy (non-hydrogen) atoms. The van der Waals surface area contributed by atoms with Crippen molar-refractivity contribution in [3.8, 4) is 0 Å². The second kappa shape index (κ2) is 4.25. The molecule has 1 atom stereocenters. The van der Waals surface area contributed by atoms with Crippen LogP contribution < -0.4 is 0 Å². The smallest absolute Gasteiger partial charge is 0.307 e. The van der Waals surface area contributed by atoms with Crippen LogP contribution in [0.3, 0.4) is 0 Å². The summed E-state index contributed by atoms with van der Waals surface area (Å²) < 4.78 is 10.4. The predicted octanol–water partition coefficient (Wildman–Crippen LogP) is 0.0118. The van der Waals surface area contributed by atoms with Gasteiger partial charge in [-0.1, -0.05) is 6.92 Å². The zero-order valence-electron chi connectivity index (χ0n) is 8.82. The van der Waals surface area contributed by atoms with Crippen LogP contribution in [-0.2, 0) is 14.3 Å². The van der Waals surface area contributed by atoms with Gasteiger partial charge in [-0.15, -0.1) is 0 Å². The third kappa shape index (κ3) is 2.23. The minimum atomic E-state index is -0.766. The Morgan fingerprint density at radius 3 is 2.36 bits per heavy atom. The molecule has 0 spiro atoms. The van der Waals surface area contributed by atoms with Gasteiger partial charge in [-0.25, -0.2) is 0 Å². The minimum Gasteiger partial charge on any atom is -0.481 e. The van der Waals surface area contributed by atoms with Gasteiger partial charge in [-0.3, -0.25) is 9.69 Å². The molecule has 82 valence electrons. The molecule has 1 aliphatic rings. The highest BCUT2D eigenvalue weighted by Crippen LogP contribution is 2.25. The highest BCUT2D eigenvalue weighted by molar-refractivity contribution is 5.69. The molecule has 1 rings (SSSR count). The van der Waals surface area contributed by atoms with Gasteiger partial charge in [0, 0.05) is 20.8 Å². The topological polar surface area (TPSA) is 59.0 Å². The fraction of sp³-hybridized carbons (Fsp3) is 0.889. The maximum absolute atomic E-state index is 10.6. The lowest BCUT2D eigenvalue weighted by Gasteiger charge is -2.48. The lowest BCUT2D eigenvalue weighted by atomic mass is 10.0. The van der Waals surface area contributed by atoms with Gasteiger partial charge in [0.25, 0.3) is 0 Å². The number of carboxylic acids is 1. The minimum absolute atomic E-state index is 0.346. The zero-order valence-corrected chi connectivity index (χ0v) is 8.82. The van der Waals surface area contributed by atoms with Crippen LogP contribution in [0.5, 0.6) is 0 Å². The first kappa shape index (κ1) is 11.4. The van der Waals surface area contributed by atoms with Crippen molar-refractivity contribution < 1.29 is 19.4 Å². The third-order valence-corrected chi connectivity index (χ3v) is 2.63. The van der Waals surface area contributed by atoms with E-state index in [0.29, 0.717) is 19.6 Å². The van der Waals surface area contributed by atoms with Gasteiger partial charge in [-0.05, 0) is 0 Å². The van der Waals surface area contributed by atoms with Crippen molar-refractivity contribution in [3.05, 3.63) is 0 Å². The van der Waals surface area contributed by atoms with Crippen LogP contribution in [0.2, 0.25) is 0 Å². The van der Waals surface area contributed by atoms with Gasteiger partial charge in [0.05, 0.1) is 19.0 Å². The van der Waals surface area contributed by atoms with E-state index in [2.05, 4.69) is 0 Å². The van der Waals surface area contributed by atoms with Crippen molar-refractivity contribution in [2.75, 3.05) is 33.9 Å². The Morgan fingerprint density at radius 2 is 2.00 bits per heavy atom. The van der Waals surface area contributed by atoms with E-state index >= 15 is 0 Å². The number of nitrogens with zero attached hydrogens (tertiary/aromatic N) is 1. The number of methoxy groups -OCH3 is 2. The molecule has 1 unspecified atom stereocenters. The average molecular weight is 203 g/mol. The van der Waals surface area contributed by atoms with Crippen LogP contribution in [0.25, 0.3) is 0 Å². The lowest BCUT2D eigenvalue weighted by molar-refractivity contribution is -0.276. The molecule has 1 aliphatic heterocycles. The van der Waals surface area contributed by atoms with E-state index in [9.17, 15) is 4.79 Å². The SMILES string of the molecule is COC1(OC)CN(CC(C)C(=O)O)C1. The van der Waals surface area contributed by atoms with Gasteiger partial charge < -0.3 is 14.6 Å². The number of carbonyl (C=O) groups is 1. The third-order valence-electron chi connectivity index (χ3n) is 2.63. The van der Waals surface area contributed by atoms with Crippen LogP contribution >= 0.6 is 0 Å². The van der Waals surface area contributed by atoms with E-state index in [-0.39, 0.29) is 5.92 Å². The number of aliphatic carboxylic acids is 1. The fourth-order valence-corrected chi connectivity index (χ4v) is 1.57. The molecule has 0 aromatic heterocycles. The van der Waals surface area contributed by atoms with Gasteiger partial charge >= 0.3 is 5.97 Å². The molecule has 0 radical (unpaired) electrons. The number of hydrogen-bond acceptors (Lipinski definition) is 4. The summed E-state index contributed by atoms with van der Waals surface area (Å²) in [6, 6.07) is 0. The molecular weight excluding hydrogens is 186 g/mol. The molecule has 5 heteroatoms. The standard InChI is InChI=1S/C9H17NO4/c1-7(8(11)12)4-10-5-9(6-10,13-2)14-3/h7H,4-6H2,1-3H3,(H,11,12). The Balaban J connectivity index is 2.30. The highest BCUT2D eigenvalue weighted by atomic mass is 16.7. The maximum Gasteiger partial charge on any atom is 0.307 e. The highest BCUT2D eigenvalue weighted by Gasteiger charge is 2.44. The molecule has 1 saturated heterocycles. The molecule has 0 aliphatic carbocycles. The summed E-state index contributed by atoms with van der Waals surface area (Å²) in [5, 5.41) is 8.71. The van der Waals surface area contributed by atoms with Crippen LogP contribution in [0, 0.1) is 5.92 Å². The van der Waals surface area contributed by atoms with E-state index in [4.69, 9.17) is 14.6 Å². The summed E-state index contributed by atoms with van der Waals surface area (Å²) >= 11 is 0. The molecule has 1 N–H and O–H groups in total. The van der Waals surface area contributed by atoms with E-state index in [0.717, 1.165) is 0 Å². The van der Waals surface area contributed by atoms with Crippen LogP contribution in [0.4, 0.5) is 0 Å². The van der Waals surface area contributed by atoms with E-state index in [1.165, 1.54) is 0 Å². The van der Waals surface area contributed by atoms with Gasteiger partial charge in [-0.2, -0.15) is 0 Å². The van der Waals surface area contributed by atoms with Crippen molar-refractivity contribution in [1.82, 2.24) is 4.90 Å². The Bertz CT molecular complexity index is 207. The lowest BCUT2D eigenvalue weighted by Crippen LogP contribution is -2.64. The zero-order chi connectivity index (χ0) is 10.8. The van der Waals surface area contributed by atoms with Crippen LogP contribution in [-0.4, -0.2) is 55.6 Å². The number of carboxylic acid groups (broad SMARTS) is 1. The predicted molar refractivity (Wildman–Crippen MR) is 50.0 cm³/mol. The van der Waals surface area contributed by atoms with Gasteiger partial charge in [0.2, 0.25) is 0 Å². The van der Waals surface area contributed by atoms with Crippen molar-refractivity contribution >= 4 is 5.97 Å². The summed E-state index contributed by atoms with van der Waals surface area (Å²) in [5.74, 6) is -1.63. The molecule has 0 amide bonds. The largest absolute Gasteiger partial charge is 0.481 e. The molecule has 0 aromatic rings. The summed E-state index contributed by atoms with van der Waals surface area (Å²) in [6.07, 6.45) is 0. The monoisotopic (exact) mass is 203 g/mol. The molecule has 1 heterocycles. The molecular formula is C9H17NO4. The first-order chi connectivity index (χ1) is 6.53. The quantitative estimate of drug-likeness (QED) is 0.638. The number of rotatable bonds is 5. The van der Waals surface area contributed by atoms with Gasteiger partial charge in [0.15, 0.2) is 5.79 Å². The Hall–Kier alpha value is -0.650. The first-order valence-electron chi connectivity index (χ1n) is 4.58. The Kier molecular flexibility index (Phi) is 3.47. The normalized spacial score (nSPS) is 22.8. The van der Waals surface area contributed by atoms with E-state index < -0.39 is 11.8 Å². The average Bonchev–Trinajstić information content (AvgIpc) is 2.10. The summed E-state index contributed by atoms with van der Waals surface area (Å²) in [6.45, 7) is 3.51. The van der Waals surface area contributed by atoms with Crippen molar-refractivity contribution in [2.45, 2.75) is 12.7 Å². The van der Waals surface area contributed by atoms with E-state index in [1.807, 2.05) is 4.90 Å². The number of likely N-dealkylation sites (tertiary alicyclic amines) is 1. The molecule has 0 bridgehead atoms. The molecule has 1 fully saturated rings. The maximum atomic E-state index is 10.6. The summed E-state index contributed by atoms with van der Waals surface area (Å²) in [5.41, 5.74) is 0. The summed E-state index contributed by atoms with van der Waals surface area (Å²) in [7, 11) is 3.20. The van der Waals surface area contributed by atoms with Crippen LogP contribution in [0.15, 0.2) is 0 Å². The van der Waals surface area contributed by atoms with Gasteiger partial charge in [0.1, 0.15) is 0 Å². The fourth-order valence-electron chi connectivity index (χ4n) is 1.57. The van der Waals surface area contributed by atoms with Crippen LogP contribution in [0.1, 0.15) is 6.92 Å². The second-order valence-electron chi connectivity index (χ2n) is 3.73. The van der Waals surface area contributed by atoms with Crippen molar-refractivity contribution in [2.24, 2.45) is 5.92 Å². The van der Waals surface area contributed by atoms with E-state index in [1.54, 1.807) is 21.1 Å². The van der Waals surface area contributed by atoms with Crippen molar-refractivity contribution in [3.63, 3.8) is 0 Å². The second-order valence-corrected chi connectivity index (χ2v) is 3.73. The number of hydrogen-bond donors (Lipinski definition) is 1. The Labute approximate surface area is 83.6 Å². The molecule has 5 nitrogen and oxygen atoms in total. The molecule has 0 aromatic carbocycles. The first-order valence-corrected chi connectivity index (χ1v) is 4.58. The summed E-state index contributed by atoms with van der Waals surface area (Å²) in [4.78, 5) is 12.6.